The molecule has 0 radical (unpaired) electrons. The number of amides is 1. The lowest BCUT2D eigenvalue weighted by Crippen LogP contribution is -2.34. The first-order valence-electron chi connectivity index (χ1n) is 8.75. The fraction of sp³-hybridized carbons (Fsp3) is 0.190. The van der Waals surface area contributed by atoms with Gasteiger partial charge in [0.2, 0.25) is 5.88 Å². The van der Waals surface area contributed by atoms with Crippen LogP contribution < -0.4 is 10.6 Å². The lowest BCUT2D eigenvalue weighted by atomic mass is 10.1. The Morgan fingerprint density at radius 2 is 1.86 bits per heavy atom. The van der Waals surface area contributed by atoms with E-state index in [4.69, 9.17) is 15.0 Å². The van der Waals surface area contributed by atoms with Crippen molar-refractivity contribution in [3.63, 3.8) is 0 Å². The summed E-state index contributed by atoms with van der Waals surface area (Å²) >= 11 is 0. The monoisotopic (exact) mass is 379 g/mol. The minimum atomic E-state index is -0.742. The lowest BCUT2D eigenvalue weighted by Gasteiger charge is -2.23. The van der Waals surface area contributed by atoms with Crippen LogP contribution in [-0.2, 0) is 16.1 Å². The van der Waals surface area contributed by atoms with E-state index in [2.05, 4.69) is 5.16 Å². The Bertz CT molecular complexity index is 963. The van der Waals surface area contributed by atoms with Crippen LogP contribution in [0.2, 0.25) is 0 Å². The Labute approximate surface area is 162 Å². The van der Waals surface area contributed by atoms with Gasteiger partial charge in [-0.2, -0.15) is 0 Å². The van der Waals surface area contributed by atoms with E-state index in [-0.39, 0.29) is 17.4 Å². The van der Waals surface area contributed by atoms with Crippen LogP contribution in [0.5, 0.6) is 0 Å². The van der Waals surface area contributed by atoms with Crippen molar-refractivity contribution in [3.05, 3.63) is 77.0 Å². The molecule has 1 amide bonds. The first kappa shape index (κ1) is 19.2. The van der Waals surface area contributed by atoms with E-state index in [0.29, 0.717) is 12.2 Å². The summed E-state index contributed by atoms with van der Waals surface area (Å²) in [7, 11) is 0. The Balaban J connectivity index is 1.77. The molecule has 28 heavy (non-hydrogen) atoms. The number of benzene rings is 2. The molecular formula is C21H21N3O4. The summed E-state index contributed by atoms with van der Waals surface area (Å²) in [5, 5.41) is 3.62. The predicted molar refractivity (Wildman–Crippen MR) is 105 cm³/mol. The molecule has 0 spiro atoms. The molecule has 0 bridgehead atoms. The van der Waals surface area contributed by atoms with Crippen molar-refractivity contribution in [1.82, 2.24) is 5.16 Å². The van der Waals surface area contributed by atoms with E-state index in [9.17, 15) is 9.59 Å². The van der Waals surface area contributed by atoms with Crippen LogP contribution >= 0.6 is 0 Å². The van der Waals surface area contributed by atoms with E-state index >= 15 is 0 Å². The van der Waals surface area contributed by atoms with Crippen molar-refractivity contribution in [3.8, 4) is 0 Å². The molecule has 0 unspecified atom stereocenters. The third kappa shape index (κ3) is 4.37. The number of esters is 1. The van der Waals surface area contributed by atoms with E-state index in [1.165, 1.54) is 0 Å². The third-order valence-electron chi connectivity index (χ3n) is 4.22. The van der Waals surface area contributed by atoms with Crippen molar-refractivity contribution in [2.24, 2.45) is 0 Å². The fourth-order valence-electron chi connectivity index (χ4n) is 2.80. The van der Waals surface area contributed by atoms with Gasteiger partial charge in [-0.25, -0.2) is 4.79 Å². The standard InChI is InChI=1S/C21H21N3O4/c1-14-7-6-10-17(11-14)24(12-16-8-4-3-5-9-16)18(25)13-27-21(26)19-15(2)23-28-20(19)22/h3-11H,12-13,22H2,1-2H3. The Morgan fingerprint density at radius 3 is 2.50 bits per heavy atom. The highest BCUT2D eigenvalue weighted by atomic mass is 16.5. The van der Waals surface area contributed by atoms with E-state index in [1.807, 2.05) is 61.5 Å². The van der Waals surface area contributed by atoms with Crippen LogP contribution in [-0.4, -0.2) is 23.6 Å². The number of nitrogens with two attached hydrogens (primary N) is 1. The lowest BCUT2D eigenvalue weighted by molar-refractivity contribution is -0.121. The molecule has 144 valence electrons. The highest BCUT2D eigenvalue weighted by Crippen LogP contribution is 2.20. The second-order valence-electron chi connectivity index (χ2n) is 6.39. The van der Waals surface area contributed by atoms with Crippen molar-refractivity contribution in [2.75, 3.05) is 17.2 Å². The fourth-order valence-corrected chi connectivity index (χ4v) is 2.80. The van der Waals surface area contributed by atoms with Crippen molar-refractivity contribution < 1.29 is 18.8 Å². The maximum absolute atomic E-state index is 12.9. The third-order valence-corrected chi connectivity index (χ3v) is 4.22. The quantitative estimate of drug-likeness (QED) is 0.660. The number of aryl methyl sites for hydroxylation is 2. The molecule has 0 atom stereocenters. The average Bonchev–Trinajstić information content (AvgIpc) is 3.03. The van der Waals surface area contributed by atoms with Crippen LogP contribution in [0.3, 0.4) is 0 Å². The summed E-state index contributed by atoms with van der Waals surface area (Å²) in [6.07, 6.45) is 0. The minimum absolute atomic E-state index is 0.0398. The molecule has 0 fully saturated rings. The number of aromatic nitrogens is 1. The van der Waals surface area contributed by atoms with E-state index in [0.717, 1.165) is 16.8 Å². The van der Waals surface area contributed by atoms with E-state index in [1.54, 1.807) is 11.8 Å². The summed E-state index contributed by atoms with van der Waals surface area (Å²) < 4.78 is 9.93. The van der Waals surface area contributed by atoms with Gasteiger partial charge in [-0.15, -0.1) is 0 Å². The minimum Gasteiger partial charge on any atom is -0.452 e. The second kappa shape index (κ2) is 8.39. The average molecular weight is 379 g/mol. The van der Waals surface area contributed by atoms with Crippen molar-refractivity contribution >= 4 is 23.4 Å². The largest absolute Gasteiger partial charge is 0.452 e. The van der Waals surface area contributed by atoms with Crippen LogP contribution in [0, 0.1) is 13.8 Å². The highest BCUT2D eigenvalue weighted by Gasteiger charge is 2.23. The van der Waals surface area contributed by atoms with Gasteiger partial charge in [0.1, 0.15) is 5.56 Å². The number of ether oxygens (including phenoxy) is 1. The van der Waals surface area contributed by atoms with Crippen LogP contribution in [0.15, 0.2) is 59.1 Å². The normalized spacial score (nSPS) is 10.5. The van der Waals surface area contributed by atoms with Gasteiger partial charge < -0.3 is 19.9 Å². The molecular weight excluding hydrogens is 358 g/mol. The van der Waals surface area contributed by atoms with Crippen LogP contribution in [0.1, 0.15) is 27.2 Å². The molecule has 2 N–H and O–H groups in total. The SMILES string of the molecule is Cc1cccc(N(Cc2ccccc2)C(=O)COC(=O)c2c(C)noc2N)c1. The number of hydrogen-bond acceptors (Lipinski definition) is 6. The van der Waals surface area contributed by atoms with Crippen LogP contribution in [0.25, 0.3) is 0 Å². The molecule has 1 heterocycles. The first-order valence-corrected chi connectivity index (χ1v) is 8.75. The number of carbonyl (C=O) groups excluding carboxylic acids is 2. The number of hydrogen-bond donors (Lipinski definition) is 1. The Hall–Kier alpha value is -3.61. The molecule has 3 aromatic rings. The molecule has 0 aliphatic carbocycles. The summed E-state index contributed by atoms with van der Waals surface area (Å²) in [6, 6.07) is 17.2. The number of rotatable bonds is 6. The molecule has 0 saturated carbocycles. The molecule has 2 aromatic carbocycles. The zero-order valence-electron chi connectivity index (χ0n) is 15.7. The van der Waals surface area contributed by atoms with Gasteiger partial charge in [-0.1, -0.05) is 47.6 Å². The highest BCUT2D eigenvalue weighted by molar-refractivity contribution is 5.99. The summed E-state index contributed by atoms with van der Waals surface area (Å²) in [5.41, 5.74) is 8.66. The van der Waals surface area contributed by atoms with Gasteiger partial charge in [0.05, 0.1) is 12.2 Å². The molecule has 0 aliphatic rings. The zero-order valence-corrected chi connectivity index (χ0v) is 15.7. The predicted octanol–water partition coefficient (Wildman–Crippen LogP) is 3.26. The van der Waals surface area contributed by atoms with E-state index < -0.39 is 12.6 Å². The number of carbonyl (C=O) groups is 2. The molecule has 0 aliphatic heterocycles. The Kier molecular flexibility index (Phi) is 5.74. The topological polar surface area (TPSA) is 98.7 Å². The molecule has 3 rings (SSSR count). The molecule has 7 nitrogen and oxygen atoms in total. The smallest absolute Gasteiger partial charge is 0.346 e. The van der Waals surface area contributed by atoms with Gasteiger partial charge >= 0.3 is 5.97 Å². The zero-order chi connectivity index (χ0) is 20.1. The maximum atomic E-state index is 12.9. The Morgan fingerprint density at radius 1 is 1.11 bits per heavy atom. The van der Waals surface area contributed by atoms with Crippen molar-refractivity contribution in [2.45, 2.75) is 20.4 Å². The van der Waals surface area contributed by atoms with Gasteiger partial charge in [-0.3, -0.25) is 4.79 Å². The summed E-state index contributed by atoms with van der Waals surface area (Å²) in [4.78, 5) is 26.7. The number of nitrogen functional groups attached to an aromatic ring is 1. The second-order valence-corrected chi connectivity index (χ2v) is 6.39. The van der Waals surface area contributed by atoms with Crippen molar-refractivity contribution in [1.29, 1.82) is 0 Å². The van der Waals surface area contributed by atoms with Gasteiger partial charge in [-0.05, 0) is 37.1 Å². The maximum Gasteiger partial charge on any atom is 0.346 e. The molecule has 7 heteroatoms. The van der Waals surface area contributed by atoms with Gasteiger partial charge in [0.25, 0.3) is 5.91 Å². The van der Waals surface area contributed by atoms with Gasteiger partial charge in [0, 0.05) is 5.69 Å². The molecule has 1 aromatic heterocycles. The number of nitrogens with zero attached hydrogens (tertiary/aromatic N) is 2. The first-order chi connectivity index (χ1) is 13.5. The summed E-state index contributed by atoms with van der Waals surface area (Å²) in [6.45, 7) is 3.46. The van der Waals surface area contributed by atoms with Gasteiger partial charge in [0.15, 0.2) is 6.61 Å². The van der Waals surface area contributed by atoms with Crippen LogP contribution in [0.4, 0.5) is 11.6 Å². The number of anilines is 2. The summed E-state index contributed by atoms with van der Waals surface area (Å²) in [5.74, 6) is -1.22. The molecule has 0 saturated heterocycles.